The minimum Gasteiger partial charge on any atom is -0.462 e. The van der Waals surface area contributed by atoms with Gasteiger partial charge in [0.05, 0.1) is 13.2 Å². The van der Waals surface area contributed by atoms with Crippen molar-refractivity contribution < 1.29 is 49.0 Å². The van der Waals surface area contributed by atoms with E-state index in [0.29, 0.717) is 12.8 Å². The van der Waals surface area contributed by atoms with Gasteiger partial charge in [-0.2, -0.15) is 0 Å². The summed E-state index contributed by atoms with van der Waals surface area (Å²) in [6.07, 6.45) is 44.5. The second kappa shape index (κ2) is 43.8. The molecule has 1 rings (SSSR count). The lowest BCUT2D eigenvalue weighted by molar-refractivity contribution is -0.305. The van der Waals surface area contributed by atoms with E-state index in [2.05, 4.69) is 50.3 Å². The fourth-order valence-electron chi connectivity index (χ4n) is 7.89. The number of carbonyl (C=O) groups excluding carboxylic acids is 2. The third-order valence-electron chi connectivity index (χ3n) is 12.0. The lowest BCUT2D eigenvalue weighted by Gasteiger charge is -2.39. The van der Waals surface area contributed by atoms with E-state index < -0.39 is 55.4 Å². The van der Waals surface area contributed by atoms with Crippen molar-refractivity contribution in [3.8, 4) is 0 Å². The van der Waals surface area contributed by atoms with Crippen LogP contribution in [0.1, 0.15) is 232 Å². The minimum absolute atomic E-state index is 0.180. The summed E-state index contributed by atoms with van der Waals surface area (Å²) < 4.78 is 22.2. The van der Waals surface area contributed by atoms with Crippen LogP contribution in [0.25, 0.3) is 0 Å². The Kier molecular flexibility index (Phi) is 41.0. The average molecular weight is 893 g/mol. The highest BCUT2D eigenvalue weighted by Crippen LogP contribution is 2.23. The Labute approximate surface area is 385 Å². The molecule has 1 heterocycles. The molecule has 63 heavy (non-hydrogen) atoms. The number of carbonyl (C=O) groups is 2. The zero-order valence-corrected chi connectivity index (χ0v) is 40.3. The third kappa shape index (κ3) is 34.9. The summed E-state index contributed by atoms with van der Waals surface area (Å²) in [5.74, 6) is -0.855. The monoisotopic (exact) mass is 893 g/mol. The van der Waals surface area contributed by atoms with Crippen LogP contribution < -0.4 is 0 Å². The minimum atomic E-state index is -1.60. The van der Waals surface area contributed by atoms with Crippen LogP contribution in [0.3, 0.4) is 0 Å². The van der Waals surface area contributed by atoms with Crippen LogP contribution in [0.4, 0.5) is 0 Å². The predicted octanol–water partition coefficient (Wildman–Crippen LogP) is 12.2. The Morgan fingerprint density at radius 2 is 0.905 bits per heavy atom. The average Bonchev–Trinajstić information content (AvgIpc) is 3.28. The highest BCUT2D eigenvalue weighted by molar-refractivity contribution is 5.70. The van der Waals surface area contributed by atoms with E-state index >= 15 is 0 Å². The summed E-state index contributed by atoms with van der Waals surface area (Å²) in [6, 6.07) is 0. The van der Waals surface area contributed by atoms with E-state index in [1.807, 2.05) is 0 Å². The van der Waals surface area contributed by atoms with Crippen molar-refractivity contribution >= 4 is 11.9 Å². The van der Waals surface area contributed by atoms with Crippen LogP contribution in [-0.4, -0.2) is 89.0 Å². The van der Waals surface area contributed by atoms with E-state index in [1.165, 1.54) is 141 Å². The molecule has 2 unspecified atom stereocenters. The maximum Gasteiger partial charge on any atom is 0.306 e. The molecule has 0 bridgehead atoms. The molecule has 1 saturated heterocycles. The molecule has 368 valence electrons. The summed E-state index contributed by atoms with van der Waals surface area (Å²) in [4.78, 5) is 25.4. The van der Waals surface area contributed by atoms with Gasteiger partial charge < -0.3 is 39.4 Å². The van der Waals surface area contributed by atoms with Gasteiger partial charge in [0.1, 0.15) is 31.0 Å². The Hall–Kier alpha value is -2.08. The quantitative estimate of drug-likeness (QED) is 0.0201. The second-order valence-electron chi connectivity index (χ2n) is 18.0. The third-order valence-corrected chi connectivity index (χ3v) is 12.0. The summed E-state index contributed by atoms with van der Waals surface area (Å²) in [6.45, 7) is 3.39. The van der Waals surface area contributed by atoms with Gasteiger partial charge in [0.25, 0.3) is 0 Å². The number of aliphatic hydroxyl groups is 4. The first kappa shape index (κ1) is 58.9. The van der Waals surface area contributed by atoms with Crippen molar-refractivity contribution in [1.29, 1.82) is 0 Å². The molecular weight excluding hydrogens is 797 g/mol. The normalized spacial score (nSPS) is 19.7. The largest absolute Gasteiger partial charge is 0.462 e. The van der Waals surface area contributed by atoms with Crippen LogP contribution in [0.15, 0.2) is 36.5 Å². The molecule has 10 nitrogen and oxygen atoms in total. The van der Waals surface area contributed by atoms with Crippen molar-refractivity contribution in [1.82, 2.24) is 0 Å². The van der Waals surface area contributed by atoms with E-state index in [4.69, 9.17) is 18.9 Å². The number of aliphatic hydroxyl groups excluding tert-OH is 4. The molecule has 0 aromatic carbocycles. The van der Waals surface area contributed by atoms with Gasteiger partial charge >= 0.3 is 11.9 Å². The van der Waals surface area contributed by atoms with Crippen LogP contribution in [0.2, 0.25) is 0 Å². The molecule has 0 spiro atoms. The van der Waals surface area contributed by atoms with E-state index in [-0.39, 0.29) is 26.1 Å². The SMILES string of the molecule is CCCCCC/C=C/C=C/CCCCCCCC(=O)OC[C@H](CO[C@@H]1O[C@H](CO)[C@H](O)C(O)C1O)OC(=O)CCC/C=C/CCCCCCCCCCCCCCCCCCCC. The summed E-state index contributed by atoms with van der Waals surface area (Å²) in [7, 11) is 0. The highest BCUT2D eigenvalue weighted by Gasteiger charge is 2.44. The first-order chi connectivity index (χ1) is 30.8. The van der Waals surface area contributed by atoms with Gasteiger partial charge in [-0.15, -0.1) is 0 Å². The Balaban J connectivity index is 2.26. The van der Waals surface area contributed by atoms with Gasteiger partial charge in [-0.3, -0.25) is 9.59 Å². The number of esters is 2. The predicted molar refractivity (Wildman–Crippen MR) is 256 cm³/mol. The lowest BCUT2D eigenvalue weighted by atomic mass is 9.99. The van der Waals surface area contributed by atoms with Crippen LogP contribution in [0.5, 0.6) is 0 Å². The molecular formula is C53H96O10. The van der Waals surface area contributed by atoms with Gasteiger partial charge in [-0.25, -0.2) is 0 Å². The van der Waals surface area contributed by atoms with E-state index in [1.54, 1.807) is 0 Å². The van der Waals surface area contributed by atoms with Gasteiger partial charge in [-0.1, -0.05) is 198 Å². The molecule has 4 N–H and O–H groups in total. The fourth-order valence-corrected chi connectivity index (χ4v) is 7.89. The van der Waals surface area contributed by atoms with Crippen molar-refractivity contribution in [2.75, 3.05) is 19.8 Å². The molecule has 0 amide bonds. The number of rotatable bonds is 44. The van der Waals surface area contributed by atoms with Crippen molar-refractivity contribution in [3.63, 3.8) is 0 Å². The van der Waals surface area contributed by atoms with Crippen LogP contribution in [0, 0.1) is 0 Å². The second-order valence-corrected chi connectivity index (χ2v) is 18.0. The number of hydrogen-bond acceptors (Lipinski definition) is 10. The molecule has 1 fully saturated rings. The highest BCUT2D eigenvalue weighted by atomic mass is 16.7. The fraction of sp³-hybridized carbons (Fsp3) is 0.849. The first-order valence-electron chi connectivity index (χ1n) is 26.1. The molecule has 10 heteroatoms. The summed E-state index contributed by atoms with van der Waals surface area (Å²) >= 11 is 0. The van der Waals surface area contributed by atoms with Gasteiger partial charge in [-0.05, 0) is 57.8 Å². The van der Waals surface area contributed by atoms with Crippen LogP contribution in [-0.2, 0) is 28.5 Å². The molecule has 0 aromatic heterocycles. The molecule has 0 aromatic rings. The Bertz CT molecular complexity index is 1120. The summed E-state index contributed by atoms with van der Waals surface area (Å²) in [5, 5.41) is 40.2. The molecule has 1 aliphatic heterocycles. The van der Waals surface area contributed by atoms with E-state index in [9.17, 15) is 30.0 Å². The van der Waals surface area contributed by atoms with Gasteiger partial charge in [0.15, 0.2) is 12.4 Å². The smallest absolute Gasteiger partial charge is 0.306 e. The molecule has 0 aliphatic carbocycles. The van der Waals surface area contributed by atoms with E-state index in [0.717, 1.165) is 51.4 Å². The number of allylic oxidation sites excluding steroid dienone is 6. The Morgan fingerprint density at radius 1 is 0.492 bits per heavy atom. The van der Waals surface area contributed by atoms with Crippen molar-refractivity contribution in [2.45, 2.75) is 269 Å². The molecule has 6 atom stereocenters. The van der Waals surface area contributed by atoms with Crippen molar-refractivity contribution in [3.05, 3.63) is 36.5 Å². The van der Waals surface area contributed by atoms with Gasteiger partial charge in [0, 0.05) is 12.8 Å². The van der Waals surface area contributed by atoms with Crippen LogP contribution >= 0.6 is 0 Å². The number of hydrogen-bond donors (Lipinski definition) is 4. The maximum atomic E-state index is 12.8. The number of unbranched alkanes of at least 4 members (excludes halogenated alkanes) is 28. The number of ether oxygens (including phenoxy) is 4. The Morgan fingerprint density at radius 3 is 1.40 bits per heavy atom. The maximum absolute atomic E-state index is 12.8. The topological polar surface area (TPSA) is 152 Å². The standard InChI is InChI=1S/C53H96O10/c1-3-5-7-9-11-13-15-17-19-20-21-22-23-24-25-26-28-30-32-34-36-38-40-42-49(56)62-46(45-61-53-52(59)51(58)50(57)47(43-54)63-53)44-60-48(55)41-39-37-35-33-31-29-27-18-16-14-12-10-8-6-4-2/h14,16,18,27,34,36,46-47,50-54,57-59H,3-13,15,17,19-26,28-33,35,37-45H2,1-2H3/b16-14+,27-18+,36-34+/t46-,47-,50+,51?,52?,53-/m1/s1. The van der Waals surface area contributed by atoms with Gasteiger partial charge in [0.2, 0.25) is 0 Å². The molecule has 0 saturated carbocycles. The molecule has 0 radical (unpaired) electrons. The zero-order valence-electron chi connectivity index (χ0n) is 40.3. The lowest BCUT2D eigenvalue weighted by Crippen LogP contribution is -2.59. The summed E-state index contributed by atoms with van der Waals surface area (Å²) in [5.41, 5.74) is 0. The first-order valence-corrected chi connectivity index (χ1v) is 26.1. The molecule has 1 aliphatic rings. The van der Waals surface area contributed by atoms with Crippen molar-refractivity contribution in [2.24, 2.45) is 0 Å². The zero-order chi connectivity index (χ0) is 45.9.